The summed E-state index contributed by atoms with van der Waals surface area (Å²) in [5.41, 5.74) is 1.14. The van der Waals surface area contributed by atoms with Crippen LogP contribution in [0, 0.1) is 0 Å². The van der Waals surface area contributed by atoms with Gasteiger partial charge in [-0.25, -0.2) is 4.68 Å². The zero-order valence-electron chi connectivity index (χ0n) is 15.7. The van der Waals surface area contributed by atoms with E-state index in [-0.39, 0.29) is 29.5 Å². The molecule has 2 aliphatic heterocycles. The molecule has 2 aliphatic rings. The fourth-order valence-corrected chi connectivity index (χ4v) is 4.22. The Morgan fingerprint density at radius 1 is 1.32 bits per heavy atom. The van der Waals surface area contributed by atoms with Gasteiger partial charge in [-0.3, -0.25) is 14.9 Å². The Morgan fingerprint density at radius 2 is 2.07 bits per heavy atom. The lowest BCUT2D eigenvalue weighted by Crippen LogP contribution is -2.27. The normalized spacial score (nSPS) is 19.4. The average Bonchev–Trinajstić information content (AvgIpc) is 3.03. The molecule has 4 rings (SSSR count). The van der Waals surface area contributed by atoms with Gasteiger partial charge in [-0.2, -0.15) is 10.1 Å². The van der Waals surface area contributed by atoms with Gasteiger partial charge in [0.05, 0.1) is 10.9 Å². The minimum atomic E-state index is -0.275. The zero-order chi connectivity index (χ0) is 19.0. The molecule has 28 heavy (non-hydrogen) atoms. The number of hydrogen-bond acceptors (Lipinski definition) is 6. The van der Waals surface area contributed by atoms with E-state index in [4.69, 9.17) is 0 Å². The topological polar surface area (TPSA) is 101 Å². The van der Waals surface area contributed by atoms with Crippen LogP contribution in [-0.2, 0) is 11.8 Å². The number of piperidine rings is 1. The highest BCUT2D eigenvalue weighted by molar-refractivity contribution is 8.00. The Bertz CT molecular complexity index is 896. The molecule has 1 fully saturated rings. The molecule has 3 heterocycles. The molecule has 1 unspecified atom stereocenters. The van der Waals surface area contributed by atoms with Crippen molar-refractivity contribution in [2.75, 3.05) is 23.7 Å². The number of carbonyl (C=O) groups excluding carboxylic acids is 2. The first-order chi connectivity index (χ1) is 13.0. The van der Waals surface area contributed by atoms with Crippen LogP contribution >= 0.6 is 24.2 Å². The number of thioether (sulfide) groups is 1. The maximum atomic E-state index is 12.7. The number of nitrogens with zero attached hydrogens (tertiary/aromatic N) is 3. The molecule has 1 aromatic carbocycles. The highest BCUT2D eigenvalue weighted by atomic mass is 35.5. The molecular formula is C18H23ClN6O2S. The summed E-state index contributed by atoms with van der Waals surface area (Å²) in [7, 11) is 1.78. The van der Waals surface area contributed by atoms with Crippen molar-refractivity contribution in [3.63, 3.8) is 0 Å². The molecule has 150 valence electrons. The lowest BCUT2D eigenvalue weighted by Gasteiger charge is -2.21. The first-order valence-corrected chi connectivity index (χ1v) is 9.94. The minimum absolute atomic E-state index is 0. The number of aryl methyl sites for hydroxylation is 1. The average molecular weight is 423 g/mol. The minimum Gasteiger partial charge on any atom is -0.324 e. The van der Waals surface area contributed by atoms with Crippen molar-refractivity contribution >= 4 is 47.6 Å². The fourth-order valence-electron chi connectivity index (χ4n) is 3.29. The van der Waals surface area contributed by atoms with Gasteiger partial charge in [0.25, 0.3) is 5.91 Å². The standard InChI is InChI=1S/C18H22N6O2S.ClH/c1-10-16(25)20-13-9-12(3-4-14(13)27-10)17(26)22-18-21-15(23-24(18)2)11-5-7-19-8-6-11;/h3-4,9-11,19H,5-8H2,1-2H3,(H,20,25)(H,21,22,23,26);1H. The summed E-state index contributed by atoms with van der Waals surface area (Å²) in [5.74, 6) is 1.20. The first kappa shape index (κ1) is 20.6. The quantitative estimate of drug-likeness (QED) is 0.702. The Balaban J connectivity index is 0.00000225. The number of halogens is 1. The molecule has 0 aliphatic carbocycles. The maximum absolute atomic E-state index is 12.7. The van der Waals surface area contributed by atoms with E-state index in [0.717, 1.165) is 36.7 Å². The van der Waals surface area contributed by atoms with Crippen molar-refractivity contribution < 1.29 is 9.59 Å². The second kappa shape index (κ2) is 8.50. The fraction of sp³-hybridized carbons (Fsp3) is 0.444. The van der Waals surface area contributed by atoms with E-state index >= 15 is 0 Å². The zero-order valence-corrected chi connectivity index (χ0v) is 17.3. The summed E-state index contributed by atoms with van der Waals surface area (Å²) in [4.78, 5) is 30.0. The van der Waals surface area contributed by atoms with Gasteiger partial charge >= 0.3 is 0 Å². The van der Waals surface area contributed by atoms with Gasteiger partial charge in [0.2, 0.25) is 11.9 Å². The number of aromatic nitrogens is 3. The maximum Gasteiger partial charge on any atom is 0.258 e. The third kappa shape index (κ3) is 4.16. The van der Waals surface area contributed by atoms with Crippen molar-refractivity contribution in [1.82, 2.24) is 20.1 Å². The van der Waals surface area contributed by atoms with E-state index < -0.39 is 0 Å². The summed E-state index contributed by atoms with van der Waals surface area (Å²) in [6.45, 7) is 3.78. The van der Waals surface area contributed by atoms with E-state index in [9.17, 15) is 9.59 Å². The Kier molecular flexibility index (Phi) is 6.26. The van der Waals surface area contributed by atoms with Gasteiger partial charge in [-0.05, 0) is 51.1 Å². The lowest BCUT2D eigenvalue weighted by atomic mass is 9.98. The molecule has 3 N–H and O–H groups in total. The van der Waals surface area contributed by atoms with Crippen LogP contribution in [0.3, 0.4) is 0 Å². The number of hydrogen-bond donors (Lipinski definition) is 3. The monoisotopic (exact) mass is 422 g/mol. The van der Waals surface area contributed by atoms with Crippen LogP contribution in [0.25, 0.3) is 0 Å². The Labute approximate surface area is 173 Å². The lowest BCUT2D eigenvalue weighted by molar-refractivity contribution is -0.115. The number of anilines is 2. The van der Waals surface area contributed by atoms with Gasteiger partial charge in [-0.15, -0.1) is 24.2 Å². The molecule has 0 saturated carbocycles. The van der Waals surface area contributed by atoms with Crippen LogP contribution in [0.2, 0.25) is 0 Å². The number of benzene rings is 1. The number of fused-ring (bicyclic) bond motifs is 1. The molecule has 1 saturated heterocycles. The van der Waals surface area contributed by atoms with Gasteiger partial charge < -0.3 is 10.6 Å². The number of carbonyl (C=O) groups is 2. The van der Waals surface area contributed by atoms with Crippen LogP contribution in [0.5, 0.6) is 0 Å². The highest BCUT2D eigenvalue weighted by Gasteiger charge is 2.25. The van der Waals surface area contributed by atoms with Crippen LogP contribution in [-0.4, -0.2) is 44.9 Å². The van der Waals surface area contributed by atoms with Gasteiger partial charge in [0.15, 0.2) is 5.82 Å². The first-order valence-electron chi connectivity index (χ1n) is 9.06. The summed E-state index contributed by atoms with van der Waals surface area (Å²) >= 11 is 1.49. The summed E-state index contributed by atoms with van der Waals surface area (Å²) in [5, 5.41) is 13.3. The number of amides is 2. The van der Waals surface area contributed by atoms with E-state index in [2.05, 4.69) is 26.0 Å². The van der Waals surface area contributed by atoms with E-state index in [0.29, 0.717) is 23.1 Å². The molecule has 10 heteroatoms. The molecule has 0 radical (unpaired) electrons. The number of nitrogens with one attached hydrogen (secondary N) is 3. The van der Waals surface area contributed by atoms with Crippen molar-refractivity contribution in [2.24, 2.45) is 7.05 Å². The summed E-state index contributed by atoms with van der Waals surface area (Å²) in [6.07, 6.45) is 2.00. The van der Waals surface area contributed by atoms with E-state index in [1.54, 1.807) is 23.9 Å². The molecule has 0 bridgehead atoms. The smallest absolute Gasteiger partial charge is 0.258 e. The summed E-state index contributed by atoms with van der Waals surface area (Å²) in [6, 6.07) is 5.32. The molecular weight excluding hydrogens is 400 g/mol. The van der Waals surface area contributed by atoms with Crippen molar-refractivity contribution in [3.05, 3.63) is 29.6 Å². The molecule has 8 nitrogen and oxygen atoms in total. The van der Waals surface area contributed by atoms with Gasteiger partial charge in [0.1, 0.15) is 0 Å². The predicted molar refractivity (Wildman–Crippen MR) is 111 cm³/mol. The highest BCUT2D eigenvalue weighted by Crippen LogP contribution is 2.36. The van der Waals surface area contributed by atoms with Crippen LogP contribution in [0.4, 0.5) is 11.6 Å². The largest absolute Gasteiger partial charge is 0.324 e. The SMILES string of the molecule is CC1Sc2ccc(C(=O)Nc3nc(C4CCNCC4)nn3C)cc2NC1=O.Cl. The number of rotatable bonds is 3. The second-order valence-corrected chi connectivity index (χ2v) is 8.24. The molecule has 0 spiro atoms. The molecule has 1 atom stereocenters. The molecule has 2 aromatic rings. The molecule has 1 aromatic heterocycles. The molecule has 2 amide bonds. The Hall–Kier alpha value is -2.10. The predicted octanol–water partition coefficient (Wildman–Crippen LogP) is 2.39. The summed E-state index contributed by atoms with van der Waals surface area (Å²) < 4.78 is 1.60. The third-order valence-corrected chi connectivity index (χ3v) is 6.06. The van der Waals surface area contributed by atoms with Crippen LogP contribution < -0.4 is 16.0 Å². The second-order valence-electron chi connectivity index (χ2n) is 6.86. The van der Waals surface area contributed by atoms with E-state index in [1.807, 2.05) is 13.0 Å². The third-order valence-electron chi connectivity index (χ3n) is 4.88. The van der Waals surface area contributed by atoms with Crippen molar-refractivity contribution in [2.45, 2.75) is 35.8 Å². The van der Waals surface area contributed by atoms with E-state index in [1.165, 1.54) is 11.8 Å². The van der Waals surface area contributed by atoms with Gasteiger partial charge in [-0.1, -0.05) is 0 Å². The van der Waals surface area contributed by atoms with Crippen molar-refractivity contribution in [1.29, 1.82) is 0 Å². The Morgan fingerprint density at radius 3 is 2.82 bits per heavy atom. The van der Waals surface area contributed by atoms with Crippen LogP contribution in [0.1, 0.15) is 41.9 Å². The van der Waals surface area contributed by atoms with Gasteiger partial charge in [0, 0.05) is 23.4 Å². The van der Waals surface area contributed by atoms with Crippen LogP contribution in [0.15, 0.2) is 23.1 Å². The van der Waals surface area contributed by atoms with Crippen molar-refractivity contribution in [3.8, 4) is 0 Å².